The van der Waals surface area contributed by atoms with E-state index in [9.17, 15) is 8.42 Å². The zero-order chi connectivity index (χ0) is 15.5. The van der Waals surface area contributed by atoms with Crippen molar-refractivity contribution in [2.24, 2.45) is 0 Å². The molecule has 2 aromatic rings. The lowest BCUT2D eigenvalue weighted by atomic mass is 10.2. The number of nitrogens with zero attached hydrogens (tertiary/aromatic N) is 2. The van der Waals surface area contributed by atoms with Gasteiger partial charge in [-0.3, -0.25) is 4.98 Å². The number of hydrogen-bond donors (Lipinski definition) is 0. The molecule has 114 valence electrons. The van der Waals surface area contributed by atoms with Gasteiger partial charge in [-0.2, -0.15) is 4.31 Å². The maximum atomic E-state index is 13.0. The van der Waals surface area contributed by atoms with E-state index in [0.29, 0.717) is 11.4 Å². The van der Waals surface area contributed by atoms with E-state index >= 15 is 0 Å². The van der Waals surface area contributed by atoms with Crippen LogP contribution in [0.1, 0.15) is 20.3 Å². The molecule has 0 fully saturated rings. The molecule has 0 saturated heterocycles. The Hall–Kier alpha value is -0.980. The summed E-state index contributed by atoms with van der Waals surface area (Å²) in [5.41, 5.74) is 0. The zero-order valence-corrected chi connectivity index (χ0v) is 14.6. The number of sulfonamides is 1. The van der Waals surface area contributed by atoms with E-state index in [-0.39, 0.29) is 6.04 Å². The summed E-state index contributed by atoms with van der Waals surface area (Å²) in [6, 6.07) is 6.98. The molecule has 0 bridgehead atoms. The number of rotatable bonds is 6. The molecule has 0 aliphatic carbocycles. The smallest absolute Gasteiger partial charge is 0.243 e. The van der Waals surface area contributed by atoms with Crippen molar-refractivity contribution in [1.82, 2.24) is 9.29 Å². The largest absolute Gasteiger partial charge is 0.264 e. The van der Waals surface area contributed by atoms with Crippen LogP contribution in [0, 0.1) is 0 Å². The number of benzene rings is 1. The molecular weight excluding hydrogens is 352 g/mol. The second-order valence-corrected chi connectivity index (χ2v) is 7.76. The van der Waals surface area contributed by atoms with E-state index in [1.54, 1.807) is 34.9 Å². The Morgan fingerprint density at radius 2 is 2.05 bits per heavy atom. The van der Waals surface area contributed by atoms with Gasteiger partial charge in [0.2, 0.25) is 10.0 Å². The standard InChI is InChI=1S/C15H19BrN2O2S/c1-12(2)18(10-4-8-16)21(19,20)15-6-3-5-13-11-17-9-7-14(13)15/h3,5-7,9,11-12H,4,8,10H2,1-2H3. The summed E-state index contributed by atoms with van der Waals surface area (Å²) in [4.78, 5) is 4.40. The summed E-state index contributed by atoms with van der Waals surface area (Å²) < 4.78 is 27.5. The SMILES string of the molecule is CC(C)N(CCCBr)S(=O)(=O)c1cccc2cnccc12. The van der Waals surface area contributed by atoms with E-state index in [4.69, 9.17) is 0 Å². The fraction of sp³-hybridized carbons (Fsp3) is 0.400. The molecule has 21 heavy (non-hydrogen) atoms. The van der Waals surface area contributed by atoms with Crippen molar-refractivity contribution >= 4 is 36.7 Å². The Morgan fingerprint density at radius 3 is 2.71 bits per heavy atom. The third-order valence-corrected chi connectivity index (χ3v) is 6.01. The first-order valence-electron chi connectivity index (χ1n) is 6.89. The number of pyridine rings is 1. The number of hydrogen-bond acceptors (Lipinski definition) is 3. The van der Waals surface area contributed by atoms with Crippen LogP contribution in [0.2, 0.25) is 0 Å². The van der Waals surface area contributed by atoms with Crippen LogP contribution in [0.3, 0.4) is 0 Å². The molecule has 0 atom stereocenters. The van der Waals surface area contributed by atoms with Gasteiger partial charge in [-0.1, -0.05) is 28.1 Å². The highest BCUT2D eigenvalue weighted by Crippen LogP contribution is 2.26. The average Bonchev–Trinajstić information content (AvgIpc) is 2.46. The van der Waals surface area contributed by atoms with Crippen molar-refractivity contribution in [2.45, 2.75) is 31.2 Å². The van der Waals surface area contributed by atoms with Gasteiger partial charge in [0.15, 0.2) is 0 Å². The fourth-order valence-electron chi connectivity index (χ4n) is 2.32. The predicted octanol–water partition coefficient (Wildman–Crippen LogP) is 3.42. The summed E-state index contributed by atoms with van der Waals surface area (Å²) in [7, 11) is -3.51. The molecule has 4 nitrogen and oxygen atoms in total. The molecule has 0 radical (unpaired) electrons. The van der Waals surface area contributed by atoms with E-state index in [2.05, 4.69) is 20.9 Å². The van der Waals surface area contributed by atoms with Gasteiger partial charge in [0.1, 0.15) is 0 Å². The molecule has 0 aliphatic heterocycles. The highest BCUT2D eigenvalue weighted by molar-refractivity contribution is 9.09. The first-order valence-corrected chi connectivity index (χ1v) is 9.45. The van der Waals surface area contributed by atoms with Crippen LogP contribution in [-0.2, 0) is 10.0 Å². The minimum absolute atomic E-state index is 0.0776. The van der Waals surface area contributed by atoms with Crippen molar-refractivity contribution in [3.8, 4) is 0 Å². The Morgan fingerprint density at radius 1 is 1.29 bits per heavy atom. The Labute approximate surface area is 134 Å². The van der Waals surface area contributed by atoms with Gasteiger partial charge in [0, 0.05) is 41.1 Å². The summed E-state index contributed by atoms with van der Waals surface area (Å²) >= 11 is 3.36. The number of aromatic nitrogens is 1. The number of alkyl halides is 1. The first-order chi connectivity index (χ1) is 9.98. The second kappa shape index (κ2) is 6.85. The van der Waals surface area contributed by atoms with Gasteiger partial charge >= 0.3 is 0 Å². The van der Waals surface area contributed by atoms with Gasteiger partial charge in [0.05, 0.1) is 4.90 Å². The molecule has 1 aromatic carbocycles. The molecule has 2 rings (SSSR count). The van der Waals surface area contributed by atoms with Gasteiger partial charge < -0.3 is 0 Å². The molecule has 6 heteroatoms. The monoisotopic (exact) mass is 370 g/mol. The fourth-order valence-corrected chi connectivity index (χ4v) is 4.46. The van der Waals surface area contributed by atoms with Crippen LogP contribution in [0.25, 0.3) is 10.8 Å². The molecule has 1 aromatic heterocycles. The van der Waals surface area contributed by atoms with Gasteiger partial charge in [-0.05, 0) is 32.4 Å². The van der Waals surface area contributed by atoms with Gasteiger partial charge in [-0.25, -0.2) is 8.42 Å². The minimum Gasteiger partial charge on any atom is -0.264 e. The highest BCUT2D eigenvalue weighted by atomic mass is 79.9. The normalized spacial score (nSPS) is 12.4. The van der Waals surface area contributed by atoms with E-state index in [1.807, 2.05) is 19.9 Å². The molecule has 0 aliphatic rings. The van der Waals surface area contributed by atoms with Crippen LogP contribution < -0.4 is 0 Å². The van der Waals surface area contributed by atoms with Crippen LogP contribution in [-0.4, -0.2) is 35.6 Å². The topological polar surface area (TPSA) is 50.3 Å². The second-order valence-electron chi connectivity index (χ2n) is 5.10. The lowest BCUT2D eigenvalue weighted by molar-refractivity contribution is 0.355. The molecule has 0 unspecified atom stereocenters. The highest BCUT2D eigenvalue weighted by Gasteiger charge is 2.27. The maximum Gasteiger partial charge on any atom is 0.243 e. The predicted molar refractivity (Wildman–Crippen MR) is 89.2 cm³/mol. The quantitative estimate of drug-likeness (QED) is 0.732. The summed E-state index contributed by atoms with van der Waals surface area (Å²) in [6.07, 6.45) is 4.09. The van der Waals surface area contributed by atoms with Crippen molar-refractivity contribution in [3.05, 3.63) is 36.7 Å². The van der Waals surface area contributed by atoms with Crippen molar-refractivity contribution in [1.29, 1.82) is 0 Å². The number of fused-ring (bicyclic) bond motifs is 1. The molecular formula is C15H19BrN2O2S. The Bertz CT molecular complexity index is 711. The van der Waals surface area contributed by atoms with E-state index in [1.165, 1.54) is 0 Å². The van der Waals surface area contributed by atoms with E-state index in [0.717, 1.165) is 22.5 Å². The lowest BCUT2D eigenvalue weighted by Gasteiger charge is -2.26. The van der Waals surface area contributed by atoms with Crippen molar-refractivity contribution in [2.75, 3.05) is 11.9 Å². The van der Waals surface area contributed by atoms with Gasteiger partial charge in [0.25, 0.3) is 0 Å². The van der Waals surface area contributed by atoms with Gasteiger partial charge in [-0.15, -0.1) is 0 Å². The molecule has 1 heterocycles. The third-order valence-electron chi connectivity index (χ3n) is 3.32. The molecule has 0 spiro atoms. The molecule has 0 saturated carbocycles. The van der Waals surface area contributed by atoms with Crippen LogP contribution in [0.4, 0.5) is 0 Å². The third kappa shape index (κ3) is 3.44. The van der Waals surface area contributed by atoms with Crippen molar-refractivity contribution < 1.29 is 8.42 Å². The summed E-state index contributed by atoms with van der Waals surface area (Å²) in [6.45, 7) is 4.31. The zero-order valence-electron chi connectivity index (χ0n) is 12.2. The first kappa shape index (κ1) is 16.4. The Kier molecular flexibility index (Phi) is 5.35. The average molecular weight is 371 g/mol. The summed E-state index contributed by atoms with van der Waals surface area (Å²) in [5.74, 6) is 0. The summed E-state index contributed by atoms with van der Waals surface area (Å²) in [5, 5.41) is 2.34. The van der Waals surface area contributed by atoms with Crippen molar-refractivity contribution in [3.63, 3.8) is 0 Å². The maximum absolute atomic E-state index is 13.0. The Balaban J connectivity index is 2.54. The molecule has 0 N–H and O–H groups in total. The lowest BCUT2D eigenvalue weighted by Crippen LogP contribution is -2.37. The van der Waals surface area contributed by atoms with Crippen LogP contribution in [0.15, 0.2) is 41.6 Å². The van der Waals surface area contributed by atoms with Crippen LogP contribution in [0.5, 0.6) is 0 Å². The molecule has 0 amide bonds. The minimum atomic E-state index is -3.51. The number of halogens is 1. The van der Waals surface area contributed by atoms with Crippen LogP contribution >= 0.6 is 15.9 Å². The van der Waals surface area contributed by atoms with E-state index < -0.39 is 10.0 Å².